The van der Waals surface area contributed by atoms with Crippen LogP contribution in [0.1, 0.15) is 13.3 Å². The summed E-state index contributed by atoms with van der Waals surface area (Å²) in [7, 11) is 1.53. The van der Waals surface area contributed by atoms with Crippen LogP contribution in [0.25, 0.3) is 0 Å². The Morgan fingerprint density at radius 1 is 1.23 bits per heavy atom. The van der Waals surface area contributed by atoms with Gasteiger partial charge in [-0.15, -0.1) is 0 Å². The van der Waals surface area contributed by atoms with Crippen LogP contribution in [0.4, 0.5) is 17.2 Å². The number of anilines is 3. The molecule has 1 amide bonds. The monoisotopic (exact) mass is 417 g/mol. The molecule has 1 aliphatic rings. The molecule has 3 N–H and O–H groups in total. The smallest absolute Gasteiger partial charge is 0.333 e. The Bertz CT molecular complexity index is 1020. The van der Waals surface area contributed by atoms with Gasteiger partial charge in [-0.05, 0) is 18.6 Å². The first-order chi connectivity index (χ1) is 14.5. The van der Waals surface area contributed by atoms with E-state index in [1.165, 1.54) is 11.7 Å². The number of carbonyl (C=O) groups excluding carboxylic acids is 1. The number of morpholine rings is 1. The number of nitrogen functional groups attached to an aromatic ring is 1. The zero-order chi connectivity index (χ0) is 21.7. The molecule has 0 atom stereocenters. The first kappa shape index (κ1) is 21.4. The number of nitrogens with one attached hydrogen (secondary N) is 1. The van der Waals surface area contributed by atoms with Crippen molar-refractivity contribution in [1.29, 1.82) is 0 Å². The number of nitrogens with zero attached hydrogens (tertiary/aromatic N) is 3. The van der Waals surface area contributed by atoms with E-state index in [9.17, 15) is 14.4 Å². The molecule has 1 fully saturated rings. The van der Waals surface area contributed by atoms with E-state index >= 15 is 0 Å². The summed E-state index contributed by atoms with van der Waals surface area (Å²) in [4.78, 5) is 40.5. The Labute approximate surface area is 173 Å². The molecule has 0 unspecified atom stereocenters. The molecule has 1 saturated heterocycles. The molecule has 10 heteroatoms. The van der Waals surface area contributed by atoms with Crippen molar-refractivity contribution in [3.8, 4) is 5.75 Å². The molecule has 0 radical (unpaired) electrons. The fourth-order valence-corrected chi connectivity index (χ4v) is 3.41. The maximum absolute atomic E-state index is 13.1. The van der Waals surface area contributed by atoms with Gasteiger partial charge < -0.3 is 25.4 Å². The molecule has 1 aromatic carbocycles. The van der Waals surface area contributed by atoms with E-state index in [2.05, 4.69) is 5.32 Å². The molecule has 10 nitrogen and oxygen atoms in total. The Balaban J connectivity index is 1.96. The molecule has 0 saturated carbocycles. The Morgan fingerprint density at radius 2 is 1.97 bits per heavy atom. The number of carbonyl (C=O) groups is 1. The fourth-order valence-electron chi connectivity index (χ4n) is 3.41. The molecular formula is C20H27N5O5. The highest BCUT2D eigenvalue weighted by atomic mass is 16.5. The normalized spacial score (nSPS) is 13.9. The third kappa shape index (κ3) is 4.48. The third-order valence-corrected chi connectivity index (χ3v) is 4.87. The molecule has 1 aromatic heterocycles. The second-order valence-electron chi connectivity index (χ2n) is 6.94. The van der Waals surface area contributed by atoms with Crippen molar-refractivity contribution in [1.82, 2.24) is 9.13 Å². The summed E-state index contributed by atoms with van der Waals surface area (Å²) in [5.41, 5.74) is 5.77. The van der Waals surface area contributed by atoms with Crippen LogP contribution in [0.3, 0.4) is 0 Å². The Kier molecular flexibility index (Phi) is 6.78. The number of benzene rings is 1. The summed E-state index contributed by atoms with van der Waals surface area (Å²) in [5, 5.41) is 2.69. The van der Waals surface area contributed by atoms with E-state index in [1.54, 1.807) is 24.3 Å². The molecule has 0 spiro atoms. The molecule has 2 aromatic rings. The van der Waals surface area contributed by atoms with E-state index in [4.69, 9.17) is 15.2 Å². The van der Waals surface area contributed by atoms with Gasteiger partial charge in [0, 0.05) is 31.4 Å². The van der Waals surface area contributed by atoms with Crippen molar-refractivity contribution < 1.29 is 14.3 Å². The minimum absolute atomic E-state index is 0.123. The van der Waals surface area contributed by atoms with Crippen LogP contribution in [0.2, 0.25) is 0 Å². The lowest BCUT2D eigenvalue weighted by Crippen LogP contribution is -2.48. The van der Waals surface area contributed by atoms with Gasteiger partial charge in [0.25, 0.3) is 5.56 Å². The largest absolute Gasteiger partial charge is 0.497 e. The topological polar surface area (TPSA) is 121 Å². The van der Waals surface area contributed by atoms with Gasteiger partial charge >= 0.3 is 5.69 Å². The first-order valence-corrected chi connectivity index (χ1v) is 9.86. The van der Waals surface area contributed by atoms with Crippen molar-refractivity contribution in [3.05, 3.63) is 45.1 Å². The molecule has 0 bridgehead atoms. The average molecular weight is 417 g/mol. The van der Waals surface area contributed by atoms with Gasteiger partial charge in [-0.1, -0.05) is 13.0 Å². The van der Waals surface area contributed by atoms with Gasteiger partial charge in [0.15, 0.2) is 0 Å². The maximum Gasteiger partial charge on any atom is 0.333 e. The summed E-state index contributed by atoms with van der Waals surface area (Å²) in [6.45, 7) is 3.73. The lowest BCUT2D eigenvalue weighted by Gasteiger charge is -2.30. The van der Waals surface area contributed by atoms with Crippen LogP contribution in [-0.2, 0) is 22.6 Å². The predicted molar refractivity (Wildman–Crippen MR) is 114 cm³/mol. The SMILES string of the molecule is CCCn1c(N)c(N2CCOCC2)c(=O)n(CC(=O)Nc2cccc(OC)c2)c1=O. The van der Waals surface area contributed by atoms with Gasteiger partial charge in [-0.25, -0.2) is 9.36 Å². The number of methoxy groups -OCH3 is 1. The number of rotatable bonds is 7. The predicted octanol–water partition coefficient (Wildman–Crippen LogP) is 0.486. The van der Waals surface area contributed by atoms with Crippen molar-refractivity contribution in [2.45, 2.75) is 26.4 Å². The molecule has 162 valence electrons. The Hall–Kier alpha value is -3.27. The highest BCUT2D eigenvalue weighted by molar-refractivity contribution is 5.90. The number of nitrogens with two attached hydrogens (primary N) is 1. The number of hydrogen-bond donors (Lipinski definition) is 2. The van der Waals surface area contributed by atoms with E-state index in [1.807, 2.05) is 11.8 Å². The van der Waals surface area contributed by atoms with Gasteiger partial charge in [0.1, 0.15) is 23.8 Å². The number of ether oxygens (including phenoxy) is 2. The molecule has 30 heavy (non-hydrogen) atoms. The number of hydrogen-bond acceptors (Lipinski definition) is 7. The lowest BCUT2D eigenvalue weighted by molar-refractivity contribution is -0.116. The maximum atomic E-state index is 13.1. The molecule has 3 rings (SSSR count). The number of amides is 1. The standard InChI is InChI=1S/C20H27N5O5/c1-3-7-24-18(21)17(23-8-10-30-11-9-23)19(27)25(20(24)28)13-16(26)22-14-5-4-6-15(12-14)29-2/h4-6,12H,3,7-11,13,21H2,1-2H3,(H,22,26). The molecule has 2 heterocycles. The minimum atomic E-state index is -0.600. The highest BCUT2D eigenvalue weighted by Gasteiger charge is 2.24. The van der Waals surface area contributed by atoms with Crippen LogP contribution < -0.4 is 31.9 Å². The quantitative estimate of drug-likeness (QED) is 0.672. The first-order valence-electron chi connectivity index (χ1n) is 9.86. The third-order valence-electron chi connectivity index (χ3n) is 4.87. The molecule has 1 aliphatic heterocycles. The van der Waals surface area contributed by atoms with Gasteiger partial charge in [0.2, 0.25) is 5.91 Å². The summed E-state index contributed by atoms with van der Waals surface area (Å²) < 4.78 is 12.8. The van der Waals surface area contributed by atoms with Gasteiger partial charge in [-0.3, -0.25) is 14.2 Å². The van der Waals surface area contributed by atoms with Crippen molar-refractivity contribution >= 4 is 23.1 Å². The summed E-state index contributed by atoms with van der Waals surface area (Å²) in [6, 6.07) is 6.83. The molecular weight excluding hydrogens is 390 g/mol. The van der Waals surface area contributed by atoms with Crippen LogP contribution in [0.5, 0.6) is 5.75 Å². The van der Waals surface area contributed by atoms with E-state index < -0.39 is 23.7 Å². The summed E-state index contributed by atoms with van der Waals surface area (Å²) >= 11 is 0. The zero-order valence-corrected chi connectivity index (χ0v) is 17.2. The van der Waals surface area contributed by atoms with Crippen molar-refractivity contribution in [2.75, 3.05) is 49.4 Å². The second kappa shape index (κ2) is 9.49. The van der Waals surface area contributed by atoms with E-state index in [0.29, 0.717) is 50.7 Å². The Morgan fingerprint density at radius 3 is 2.63 bits per heavy atom. The van der Waals surface area contributed by atoms with Gasteiger partial charge in [0.05, 0.1) is 20.3 Å². The van der Waals surface area contributed by atoms with Crippen LogP contribution >= 0.6 is 0 Å². The fraction of sp³-hybridized carbons (Fsp3) is 0.450. The lowest BCUT2D eigenvalue weighted by atomic mass is 10.3. The average Bonchev–Trinajstić information content (AvgIpc) is 2.75. The van der Waals surface area contributed by atoms with Gasteiger partial charge in [-0.2, -0.15) is 0 Å². The zero-order valence-electron chi connectivity index (χ0n) is 17.2. The van der Waals surface area contributed by atoms with Crippen molar-refractivity contribution in [3.63, 3.8) is 0 Å². The summed E-state index contributed by atoms with van der Waals surface area (Å²) in [6.07, 6.45) is 0.654. The highest BCUT2D eigenvalue weighted by Crippen LogP contribution is 2.19. The van der Waals surface area contributed by atoms with E-state index in [-0.39, 0.29) is 11.5 Å². The van der Waals surface area contributed by atoms with Crippen LogP contribution in [0.15, 0.2) is 33.9 Å². The van der Waals surface area contributed by atoms with Crippen LogP contribution in [-0.4, -0.2) is 48.5 Å². The van der Waals surface area contributed by atoms with Crippen LogP contribution in [0, 0.1) is 0 Å². The molecule has 0 aliphatic carbocycles. The van der Waals surface area contributed by atoms with E-state index in [0.717, 1.165) is 4.57 Å². The van der Waals surface area contributed by atoms with Crippen molar-refractivity contribution in [2.24, 2.45) is 0 Å². The second-order valence-corrected chi connectivity index (χ2v) is 6.94. The minimum Gasteiger partial charge on any atom is -0.497 e. The summed E-state index contributed by atoms with van der Waals surface area (Å²) in [5.74, 6) is 0.207. The number of aromatic nitrogens is 2.